The topological polar surface area (TPSA) is 54.2 Å². The van der Waals surface area contributed by atoms with Crippen LogP contribution in [-0.2, 0) is 6.54 Å². The van der Waals surface area contributed by atoms with Crippen molar-refractivity contribution in [3.05, 3.63) is 48.3 Å². The van der Waals surface area contributed by atoms with Crippen molar-refractivity contribution in [1.29, 1.82) is 0 Å². The standard InChI is InChI=1S/C15H17F4N5/c1-20-14(22-5-4-15(17,18)19)23-9-11-2-3-13(12(16)8-11)24-7-6-21-10-24/h2-3,6-8,10H,4-5,9H2,1H3,(H2,20,22,23). The highest BCUT2D eigenvalue weighted by atomic mass is 19.4. The SMILES string of the molecule is CN=C(NCCC(F)(F)F)NCc1ccc(-n2ccnc2)c(F)c1. The van der Waals surface area contributed by atoms with Crippen molar-refractivity contribution in [3.8, 4) is 5.69 Å². The number of benzene rings is 1. The number of aromatic nitrogens is 2. The lowest BCUT2D eigenvalue weighted by molar-refractivity contribution is -0.132. The molecule has 0 saturated heterocycles. The highest BCUT2D eigenvalue weighted by molar-refractivity contribution is 5.79. The second-order valence-electron chi connectivity index (χ2n) is 4.97. The Labute approximate surface area is 136 Å². The maximum atomic E-state index is 14.1. The van der Waals surface area contributed by atoms with E-state index in [0.717, 1.165) is 0 Å². The average molecular weight is 343 g/mol. The van der Waals surface area contributed by atoms with Gasteiger partial charge in [0.2, 0.25) is 0 Å². The third-order valence-corrected chi connectivity index (χ3v) is 3.18. The van der Waals surface area contributed by atoms with Crippen molar-refractivity contribution >= 4 is 5.96 Å². The lowest BCUT2D eigenvalue weighted by Gasteiger charge is -2.13. The molecule has 1 aromatic carbocycles. The molecule has 0 bridgehead atoms. The van der Waals surface area contributed by atoms with Crippen molar-refractivity contribution < 1.29 is 17.6 Å². The highest BCUT2D eigenvalue weighted by Gasteiger charge is 2.26. The summed E-state index contributed by atoms with van der Waals surface area (Å²) in [4.78, 5) is 7.68. The van der Waals surface area contributed by atoms with Crippen LogP contribution in [0.1, 0.15) is 12.0 Å². The fourth-order valence-corrected chi connectivity index (χ4v) is 2.00. The van der Waals surface area contributed by atoms with Gasteiger partial charge in [-0.1, -0.05) is 6.07 Å². The van der Waals surface area contributed by atoms with Gasteiger partial charge in [0.1, 0.15) is 5.82 Å². The predicted molar refractivity (Wildman–Crippen MR) is 82.4 cm³/mol. The zero-order valence-corrected chi connectivity index (χ0v) is 12.9. The van der Waals surface area contributed by atoms with E-state index in [4.69, 9.17) is 0 Å². The quantitative estimate of drug-likeness (QED) is 0.499. The van der Waals surface area contributed by atoms with Crippen LogP contribution in [0.15, 0.2) is 41.9 Å². The first-order valence-electron chi connectivity index (χ1n) is 7.17. The summed E-state index contributed by atoms with van der Waals surface area (Å²) < 4.78 is 52.0. The van der Waals surface area contributed by atoms with Crippen LogP contribution in [0.2, 0.25) is 0 Å². The molecule has 0 atom stereocenters. The maximum Gasteiger partial charge on any atom is 0.390 e. The fraction of sp³-hybridized carbons (Fsp3) is 0.333. The molecule has 0 saturated carbocycles. The van der Waals surface area contributed by atoms with Gasteiger partial charge in [0.25, 0.3) is 0 Å². The molecule has 1 heterocycles. The number of aliphatic imine (C=N–C) groups is 1. The third kappa shape index (κ3) is 5.25. The van der Waals surface area contributed by atoms with Crippen LogP contribution < -0.4 is 10.6 Å². The van der Waals surface area contributed by atoms with Crippen molar-refractivity contribution in [2.45, 2.75) is 19.1 Å². The summed E-state index contributed by atoms with van der Waals surface area (Å²) in [6, 6.07) is 4.67. The molecule has 0 fully saturated rings. The first-order valence-corrected chi connectivity index (χ1v) is 7.17. The molecular weight excluding hydrogens is 326 g/mol. The summed E-state index contributed by atoms with van der Waals surface area (Å²) in [5, 5.41) is 5.40. The van der Waals surface area contributed by atoms with Gasteiger partial charge in [-0.15, -0.1) is 0 Å². The van der Waals surface area contributed by atoms with Crippen LogP contribution >= 0.6 is 0 Å². The molecule has 2 N–H and O–H groups in total. The van der Waals surface area contributed by atoms with Gasteiger partial charge in [-0.2, -0.15) is 13.2 Å². The molecule has 0 spiro atoms. The summed E-state index contributed by atoms with van der Waals surface area (Å²) in [5.41, 5.74) is 0.999. The average Bonchev–Trinajstić information content (AvgIpc) is 3.03. The van der Waals surface area contributed by atoms with Crippen molar-refractivity contribution in [2.75, 3.05) is 13.6 Å². The Balaban J connectivity index is 1.90. The summed E-state index contributed by atoms with van der Waals surface area (Å²) in [6.07, 6.45) is -0.517. The number of imidazole rings is 1. The van der Waals surface area contributed by atoms with Gasteiger partial charge in [-0.25, -0.2) is 9.37 Å². The molecule has 24 heavy (non-hydrogen) atoms. The van der Waals surface area contributed by atoms with E-state index in [2.05, 4.69) is 20.6 Å². The number of hydrogen-bond donors (Lipinski definition) is 2. The number of hydrogen-bond acceptors (Lipinski definition) is 2. The molecule has 0 unspecified atom stereocenters. The largest absolute Gasteiger partial charge is 0.390 e. The Morgan fingerprint density at radius 2 is 2.08 bits per heavy atom. The Hall–Kier alpha value is -2.58. The van der Waals surface area contributed by atoms with E-state index in [0.29, 0.717) is 11.3 Å². The summed E-state index contributed by atoms with van der Waals surface area (Å²) in [7, 11) is 1.45. The molecule has 2 aromatic rings. The van der Waals surface area contributed by atoms with E-state index in [9.17, 15) is 17.6 Å². The number of halogens is 4. The molecule has 0 aliphatic carbocycles. The van der Waals surface area contributed by atoms with Crippen LogP contribution in [0.5, 0.6) is 0 Å². The van der Waals surface area contributed by atoms with E-state index in [-0.39, 0.29) is 19.0 Å². The molecule has 1 aromatic heterocycles. The van der Waals surface area contributed by atoms with Crippen molar-refractivity contribution in [1.82, 2.24) is 20.2 Å². The Morgan fingerprint density at radius 1 is 1.29 bits per heavy atom. The highest BCUT2D eigenvalue weighted by Crippen LogP contribution is 2.18. The van der Waals surface area contributed by atoms with Gasteiger partial charge in [-0.3, -0.25) is 4.99 Å². The van der Waals surface area contributed by atoms with Crippen molar-refractivity contribution in [2.24, 2.45) is 4.99 Å². The minimum Gasteiger partial charge on any atom is -0.356 e. The zero-order valence-electron chi connectivity index (χ0n) is 12.9. The monoisotopic (exact) mass is 343 g/mol. The molecule has 0 aliphatic rings. The number of rotatable bonds is 5. The minimum absolute atomic E-state index is 0.221. The maximum absolute atomic E-state index is 14.1. The Kier molecular flexibility index (Phi) is 5.78. The molecule has 0 amide bonds. The molecule has 9 heteroatoms. The first-order chi connectivity index (χ1) is 11.4. The molecule has 2 rings (SSSR count). The van der Waals surface area contributed by atoms with Crippen LogP contribution in [0.4, 0.5) is 17.6 Å². The molecule has 0 radical (unpaired) electrons. The smallest absolute Gasteiger partial charge is 0.356 e. The zero-order chi connectivity index (χ0) is 17.6. The van der Waals surface area contributed by atoms with E-state index in [1.807, 2.05) is 0 Å². The van der Waals surface area contributed by atoms with Gasteiger partial charge in [-0.05, 0) is 17.7 Å². The molecule has 0 aliphatic heterocycles. The van der Waals surface area contributed by atoms with Gasteiger partial charge in [0.05, 0.1) is 18.4 Å². The van der Waals surface area contributed by atoms with Crippen molar-refractivity contribution in [3.63, 3.8) is 0 Å². The third-order valence-electron chi connectivity index (χ3n) is 3.18. The van der Waals surface area contributed by atoms with Gasteiger partial charge < -0.3 is 15.2 Å². The predicted octanol–water partition coefficient (Wildman–Crippen LogP) is 2.63. The second kappa shape index (κ2) is 7.80. The lowest BCUT2D eigenvalue weighted by atomic mass is 10.2. The van der Waals surface area contributed by atoms with E-state index >= 15 is 0 Å². The number of nitrogens with one attached hydrogen (secondary N) is 2. The summed E-state index contributed by atoms with van der Waals surface area (Å²) in [5.74, 6) is -0.203. The fourth-order valence-electron chi connectivity index (χ4n) is 2.00. The Bertz CT molecular complexity index is 680. The van der Waals surface area contributed by atoms with Crippen LogP contribution in [0.3, 0.4) is 0 Å². The Morgan fingerprint density at radius 3 is 2.67 bits per heavy atom. The minimum atomic E-state index is -4.22. The summed E-state index contributed by atoms with van der Waals surface area (Å²) in [6.45, 7) is -0.0517. The second-order valence-corrected chi connectivity index (χ2v) is 4.97. The van der Waals surface area contributed by atoms with E-state index in [1.54, 1.807) is 29.1 Å². The lowest BCUT2D eigenvalue weighted by Crippen LogP contribution is -2.38. The van der Waals surface area contributed by atoms with Crippen LogP contribution in [0, 0.1) is 5.82 Å². The van der Waals surface area contributed by atoms with Crippen LogP contribution in [0.25, 0.3) is 5.69 Å². The molecule has 130 valence electrons. The van der Waals surface area contributed by atoms with E-state index < -0.39 is 18.4 Å². The summed E-state index contributed by atoms with van der Waals surface area (Å²) >= 11 is 0. The number of alkyl halides is 3. The number of guanidine groups is 1. The number of nitrogens with zero attached hydrogens (tertiary/aromatic N) is 3. The van der Waals surface area contributed by atoms with Crippen LogP contribution in [-0.4, -0.2) is 35.3 Å². The first kappa shape index (κ1) is 17.8. The van der Waals surface area contributed by atoms with E-state index in [1.165, 1.54) is 19.4 Å². The normalized spacial score (nSPS) is 12.3. The molecule has 5 nitrogen and oxygen atoms in total. The van der Waals surface area contributed by atoms with Gasteiger partial charge in [0.15, 0.2) is 5.96 Å². The van der Waals surface area contributed by atoms with Gasteiger partial charge >= 0.3 is 6.18 Å². The van der Waals surface area contributed by atoms with Gasteiger partial charge in [0, 0.05) is 32.5 Å². The molecular formula is C15H17F4N5.